The maximum Gasteiger partial charge on any atom is 0.336 e. The van der Waals surface area contributed by atoms with E-state index in [1.807, 2.05) is 0 Å². The fourth-order valence-electron chi connectivity index (χ4n) is 1.41. The van der Waals surface area contributed by atoms with Crippen LogP contribution in [-0.4, -0.2) is 23.5 Å². The van der Waals surface area contributed by atoms with E-state index in [-0.39, 0.29) is 11.5 Å². The maximum atomic E-state index is 11.0. The van der Waals surface area contributed by atoms with E-state index in [1.165, 1.54) is 13.0 Å². The van der Waals surface area contributed by atoms with Crippen molar-refractivity contribution in [2.24, 2.45) is 0 Å². The molecule has 2 N–H and O–H groups in total. The zero-order valence-corrected chi connectivity index (χ0v) is 10.7. The molecule has 0 radical (unpaired) electrons. The summed E-state index contributed by atoms with van der Waals surface area (Å²) in [5.41, 5.74) is 0.757. The first kappa shape index (κ1) is 14.3. The van der Waals surface area contributed by atoms with Gasteiger partial charge in [-0.2, -0.15) is 0 Å². The standard InChI is InChI=1S/C13H14ClNO3/c1-9(16)15-7-3-2-4-10-8-11(14)5-6-12(10)13(17)18/h2,4-6,8H,3,7H2,1H3,(H,15,16)(H,17,18). The first-order valence-electron chi connectivity index (χ1n) is 5.44. The second-order valence-electron chi connectivity index (χ2n) is 3.71. The van der Waals surface area contributed by atoms with E-state index in [9.17, 15) is 9.59 Å². The van der Waals surface area contributed by atoms with Crippen LogP contribution in [0.4, 0.5) is 0 Å². The fourth-order valence-corrected chi connectivity index (χ4v) is 1.59. The molecule has 1 aromatic carbocycles. The molecule has 0 fully saturated rings. The summed E-state index contributed by atoms with van der Waals surface area (Å²) >= 11 is 5.82. The first-order valence-corrected chi connectivity index (χ1v) is 5.82. The fraction of sp³-hybridized carbons (Fsp3) is 0.231. The number of benzene rings is 1. The summed E-state index contributed by atoms with van der Waals surface area (Å²) in [6, 6.07) is 4.61. The lowest BCUT2D eigenvalue weighted by molar-refractivity contribution is -0.118. The predicted octanol–water partition coefficient (Wildman–Crippen LogP) is 2.58. The van der Waals surface area contributed by atoms with Crippen molar-refractivity contribution in [2.45, 2.75) is 13.3 Å². The van der Waals surface area contributed by atoms with Crippen molar-refractivity contribution in [3.05, 3.63) is 40.4 Å². The molecule has 0 aliphatic rings. The molecule has 4 nitrogen and oxygen atoms in total. The number of carboxylic acids is 1. The second-order valence-corrected chi connectivity index (χ2v) is 4.15. The van der Waals surface area contributed by atoms with Gasteiger partial charge in [-0.3, -0.25) is 4.79 Å². The maximum absolute atomic E-state index is 11.0. The van der Waals surface area contributed by atoms with Gasteiger partial charge in [0.2, 0.25) is 5.91 Å². The van der Waals surface area contributed by atoms with Gasteiger partial charge in [0.05, 0.1) is 5.56 Å². The number of hydrogen-bond acceptors (Lipinski definition) is 2. The van der Waals surface area contributed by atoms with Crippen molar-refractivity contribution in [3.8, 4) is 0 Å². The summed E-state index contributed by atoms with van der Waals surface area (Å²) in [4.78, 5) is 21.6. The van der Waals surface area contributed by atoms with Crippen LogP contribution in [-0.2, 0) is 4.79 Å². The number of carboxylic acid groups (broad SMARTS) is 1. The molecule has 0 heterocycles. The third kappa shape index (κ3) is 4.59. The minimum absolute atomic E-state index is 0.0858. The van der Waals surface area contributed by atoms with E-state index >= 15 is 0 Å². The Balaban J connectivity index is 2.70. The lowest BCUT2D eigenvalue weighted by Gasteiger charge is -2.02. The van der Waals surface area contributed by atoms with Gasteiger partial charge in [-0.15, -0.1) is 0 Å². The van der Waals surface area contributed by atoms with Crippen LogP contribution in [0.1, 0.15) is 29.3 Å². The highest BCUT2D eigenvalue weighted by Crippen LogP contribution is 2.17. The highest BCUT2D eigenvalue weighted by atomic mass is 35.5. The average Bonchev–Trinajstić information content (AvgIpc) is 2.27. The van der Waals surface area contributed by atoms with Crippen molar-refractivity contribution in [1.29, 1.82) is 0 Å². The number of amides is 1. The van der Waals surface area contributed by atoms with E-state index in [4.69, 9.17) is 16.7 Å². The summed E-state index contributed by atoms with van der Waals surface area (Å²) in [7, 11) is 0. The topological polar surface area (TPSA) is 66.4 Å². The van der Waals surface area contributed by atoms with Gasteiger partial charge in [0, 0.05) is 18.5 Å². The van der Waals surface area contributed by atoms with Crippen LogP contribution in [0.15, 0.2) is 24.3 Å². The number of carbonyl (C=O) groups is 2. The van der Waals surface area contributed by atoms with Crippen LogP contribution in [0.5, 0.6) is 0 Å². The Morgan fingerprint density at radius 3 is 2.78 bits per heavy atom. The molecule has 0 unspecified atom stereocenters. The van der Waals surface area contributed by atoms with Crippen LogP contribution < -0.4 is 5.32 Å². The van der Waals surface area contributed by atoms with Crippen molar-refractivity contribution < 1.29 is 14.7 Å². The summed E-state index contributed by atoms with van der Waals surface area (Å²) < 4.78 is 0. The molecule has 0 aliphatic carbocycles. The molecule has 0 spiro atoms. The zero-order valence-electron chi connectivity index (χ0n) is 9.94. The number of carbonyl (C=O) groups excluding carboxylic acids is 1. The van der Waals surface area contributed by atoms with Crippen LogP contribution in [0.2, 0.25) is 5.02 Å². The lowest BCUT2D eigenvalue weighted by atomic mass is 10.1. The Labute approximate surface area is 110 Å². The number of rotatable bonds is 5. The van der Waals surface area contributed by atoms with E-state index in [2.05, 4.69) is 5.32 Å². The molecule has 1 aromatic rings. The minimum atomic E-state index is -0.992. The van der Waals surface area contributed by atoms with Crippen LogP contribution in [0.25, 0.3) is 6.08 Å². The molecule has 0 atom stereocenters. The van der Waals surface area contributed by atoms with Crippen LogP contribution in [0.3, 0.4) is 0 Å². The smallest absolute Gasteiger partial charge is 0.336 e. The molecule has 0 saturated heterocycles. The number of nitrogens with one attached hydrogen (secondary N) is 1. The molecule has 1 amide bonds. The molecular formula is C13H14ClNO3. The molecule has 5 heteroatoms. The van der Waals surface area contributed by atoms with Crippen LogP contribution >= 0.6 is 11.6 Å². The third-order valence-corrected chi connectivity index (χ3v) is 2.46. The minimum Gasteiger partial charge on any atom is -0.478 e. The Morgan fingerprint density at radius 1 is 1.44 bits per heavy atom. The number of halogens is 1. The van der Waals surface area contributed by atoms with Gasteiger partial charge < -0.3 is 10.4 Å². The Morgan fingerprint density at radius 2 is 2.17 bits per heavy atom. The van der Waals surface area contributed by atoms with Crippen molar-refractivity contribution in [3.63, 3.8) is 0 Å². The van der Waals surface area contributed by atoms with Crippen molar-refractivity contribution in [2.75, 3.05) is 6.54 Å². The van der Waals surface area contributed by atoms with E-state index < -0.39 is 5.97 Å². The normalized spacial score (nSPS) is 10.6. The van der Waals surface area contributed by atoms with Gasteiger partial charge >= 0.3 is 5.97 Å². The first-order chi connectivity index (χ1) is 8.50. The highest BCUT2D eigenvalue weighted by molar-refractivity contribution is 6.30. The summed E-state index contributed by atoms with van der Waals surface area (Å²) in [5.74, 6) is -1.08. The van der Waals surface area contributed by atoms with Gasteiger partial charge in [0.15, 0.2) is 0 Å². The quantitative estimate of drug-likeness (QED) is 0.806. The SMILES string of the molecule is CC(=O)NCCC=Cc1cc(Cl)ccc1C(=O)O. The Kier molecular flexibility index (Phi) is 5.39. The summed E-state index contributed by atoms with van der Waals surface area (Å²) in [5, 5.41) is 12.1. The monoisotopic (exact) mass is 267 g/mol. The molecule has 0 saturated carbocycles. The molecule has 18 heavy (non-hydrogen) atoms. The average molecular weight is 268 g/mol. The molecular weight excluding hydrogens is 254 g/mol. The molecule has 1 rings (SSSR count). The van der Waals surface area contributed by atoms with Gasteiger partial charge in [-0.1, -0.05) is 23.8 Å². The Hall–Kier alpha value is -1.81. The number of hydrogen-bond donors (Lipinski definition) is 2. The van der Waals surface area contributed by atoms with Gasteiger partial charge in [-0.25, -0.2) is 4.79 Å². The second kappa shape index (κ2) is 6.81. The largest absolute Gasteiger partial charge is 0.478 e. The van der Waals surface area contributed by atoms with E-state index in [1.54, 1.807) is 24.3 Å². The molecule has 0 aromatic heterocycles. The third-order valence-electron chi connectivity index (χ3n) is 2.23. The van der Waals surface area contributed by atoms with E-state index in [0.717, 1.165) is 0 Å². The van der Waals surface area contributed by atoms with Crippen molar-refractivity contribution >= 4 is 29.6 Å². The molecule has 96 valence electrons. The summed E-state index contributed by atoms with van der Waals surface area (Å²) in [6.07, 6.45) is 4.12. The number of aromatic carboxylic acids is 1. The lowest BCUT2D eigenvalue weighted by Crippen LogP contribution is -2.20. The van der Waals surface area contributed by atoms with Crippen LogP contribution in [0, 0.1) is 0 Å². The van der Waals surface area contributed by atoms with Gasteiger partial charge in [0.1, 0.15) is 0 Å². The van der Waals surface area contributed by atoms with Gasteiger partial charge in [0.25, 0.3) is 0 Å². The molecule has 0 bridgehead atoms. The Bertz CT molecular complexity index is 483. The summed E-state index contributed by atoms with van der Waals surface area (Å²) in [6.45, 7) is 1.97. The predicted molar refractivity (Wildman–Crippen MR) is 70.7 cm³/mol. The highest BCUT2D eigenvalue weighted by Gasteiger charge is 2.07. The molecule has 0 aliphatic heterocycles. The zero-order chi connectivity index (χ0) is 13.5. The van der Waals surface area contributed by atoms with Crippen molar-refractivity contribution in [1.82, 2.24) is 5.32 Å². The van der Waals surface area contributed by atoms with E-state index in [0.29, 0.717) is 23.6 Å². The van der Waals surface area contributed by atoms with Gasteiger partial charge in [-0.05, 0) is 30.2 Å².